The van der Waals surface area contributed by atoms with Gasteiger partial charge in [-0.2, -0.15) is 21.6 Å². The van der Waals surface area contributed by atoms with E-state index < -0.39 is 75.4 Å². The Morgan fingerprint density at radius 2 is 1.79 bits per heavy atom. The number of pyridine rings is 1. The van der Waals surface area contributed by atoms with E-state index in [-0.39, 0.29) is 25.3 Å². The fourth-order valence-corrected chi connectivity index (χ4v) is 6.81. The SMILES string of the molecule is CC[C@@H]1C[C@]1(CC(=O)[C@@H]1C[C@@H](Oc2nccc3cc(OC)ccc23)CN1C(=O)OC(C)(C)C)C(=O)NS(=O)(=O)OC(C)(C)C(F)(F)F. The average Bonchev–Trinajstić information content (AvgIpc) is 3.49. The van der Waals surface area contributed by atoms with Gasteiger partial charge in [0, 0.05) is 24.4 Å². The van der Waals surface area contributed by atoms with Gasteiger partial charge in [-0.3, -0.25) is 14.5 Å². The van der Waals surface area contributed by atoms with E-state index >= 15 is 0 Å². The number of benzene rings is 1. The molecule has 2 aromatic rings. The molecule has 1 aliphatic carbocycles. The Bertz CT molecular complexity index is 1640. The van der Waals surface area contributed by atoms with Crippen LogP contribution in [0.25, 0.3) is 10.8 Å². The number of amides is 2. The van der Waals surface area contributed by atoms with Gasteiger partial charge in [0.15, 0.2) is 11.4 Å². The lowest BCUT2D eigenvalue weighted by Crippen LogP contribution is -2.49. The molecule has 0 unspecified atom stereocenters. The summed E-state index contributed by atoms with van der Waals surface area (Å²) in [4.78, 5) is 46.1. The molecular formula is C31H40F3N3O9S. The summed E-state index contributed by atoms with van der Waals surface area (Å²) < 4.78 is 87.8. The predicted octanol–water partition coefficient (Wildman–Crippen LogP) is 5.09. The van der Waals surface area contributed by atoms with Gasteiger partial charge in [0.2, 0.25) is 11.8 Å². The first-order chi connectivity index (χ1) is 21.6. The lowest BCUT2D eigenvalue weighted by molar-refractivity contribution is -0.233. The van der Waals surface area contributed by atoms with E-state index in [0.29, 0.717) is 31.4 Å². The van der Waals surface area contributed by atoms with E-state index in [2.05, 4.69) is 9.17 Å². The third-order valence-electron chi connectivity index (χ3n) is 8.36. The Morgan fingerprint density at radius 1 is 1.11 bits per heavy atom. The maximum atomic E-state index is 13.9. The molecule has 4 atom stereocenters. The van der Waals surface area contributed by atoms with E-state index in [4.69, 9.17) is 14.2 Å². The number of ketones is 1. The molecule has 260 valence electrons. The molecule has 0 bridgehead atoms. The van der Waals surface area contributed by atoms with Crippen LogP contribution in [0.5, 0.6) is 11.6 Å². The van der Waals surface area contributed by atoms with Crippen LogP contribution >= 0.6 is 0 Å². The number of rotatable bonds is 11. The van der Waals surface area contributed by atoms with Gasteiger partial charge in [-0.15, -0.1) is 0 Å². The third kappa shape index (κ3) is 8.08. The minimum Gasteiger partial charge on any atom is -0.497 e. The van der Waals surface area contributed by atoms with E-state index in [1.807, 2.05) is 0 Å². The standard InChI is InChI=1S/C31H40F3N3O9S/c1-8-19-15-30(19,26(39)36-47(41,42)46-29(5,6)31(32,33)34)16-24(38)23-14-21(17-37(23)27(40)45-28(2,3)4)44-25-22-10-9-20(43-7)13-18(22)11-12-35-25/h9-13,19,21,23H,8,14-17H2,1-7H3,(H,36,39)/t19-,21-,23+,30-/m1/s1. The maximum absolute atomic E-state index is 13.9. The van der Waals surface area contributed by atoms with Crippen molar-refractivity contribution in [3.05, 3.63) is 30.5 Å². The van der Waals surface area contributed by atoms with Crippen LogP contribution in [0.2, 0.25) is 0 Å². The lowest BCUT2D eigenvalue weighted by atomic mass is 9.91. The van der Waals surface area contributed by atoms with Crippen molar-refractivity contribution in [1.29, 1.82) is 0 Å². The summed E-state index contributed by atoms with van der Waals surface area (Å²) in [6.07, 6.45) is -4.95. The second kappa shape index (κ2) is 12.7. The molecule has 0 radical (unpaired) electrons. The highest BCUT2D eigenvalue weighted by Gasteiger charge is 2.62. The molecule has 1 aliphatic heterocycles. The smallest absolute Gasteiger partial charge is 0.418 e. The highest BCUT2D eigenvalue weighted by molar-refractivity contribution is 7.85. The van der Waals surface area contributed by atoms with Gasteiger partial charge >= 0.3 is 22.6 Å². The van der Waals surface area contributed by atoms with Gasteiger partial charge in [-0.25, -0.2) is 18.7 Å². The molecule has 2 aliphatic rings. The molecule has 2 heterocycles. The second-order valence-electron chi connectivity index (χ2n) is 13.4. The Hall–Kier alpha value is -3.66. The van der Waals surface area contributed by atoms with Gasteiger partial charge in [-0.1, -0.05) is 13.3 Å². The molecule has 1 N–H and O–H groups in total. The number of likely N-dealkylation sites (tertiary alicyclic amines) is 1. The van der Waals surface area contributed by atoms with Crippen LogP contribution in [0.15, 0.2) is 30.5 Å². The normalized spacial score (nSPS) is 23.4. The first-order valence-electron chi connectivity index (χ1n) is 15.1. The molecule has 1 aromatic carbocycles. The summed E-state index contributed by atoms with van der Waals surface area (Å²) in [5.74, 6) is -1.25. The molecule has 2 amide bonds. The molecule has 0 spiro atoms. The predicted molar refractivity (Wildman–Crippen MR) is 163 cm³/mol. The number of Topliss-reactive ketones (excluding diaryl/α,β-unsaturated/α-hetero) is 1. The second-order valence-corrected chi connectivity index (χ2v) is 14.7. The number of carbonyl (C=O) groups is 3. The minimum absolute atomic E-state index is 0.0158. The van der Waals surface area contributed by atoms with Crippen molar-refractivity contribution in [2.45, 2.75) is 96.7 Å². The van der Waals surface area contributed by atoms with Crippen molar-refractivity contribution >= 4 is 38.9 Å². The molecule has 16 heteroatoms. The number of ether oxygens (including phenoxy) is 3. The van der Waals surface area contributed by atoms with Crippen LogP contribution in [0.3, 0.4) is 0 Å². The Morgan fingerprint density at radius 3 is 2.36 bits per heavy atom. The van der Waals surface area contributed by atoms with Gasteiger partial charge in [-0.05, 0) is 76.6 Å². The van der Waals surface area contributed by atoms with E-state index in [1.165, 1.54) is 4.90 Å². The summed E-state index contributed by atoms with van der Waals surface area (Å²) in [6.45, 7) is 7.70. The first kappa shape index (κ1) is 36.2. The highest BCUT2D eigenvalue weighted by Crippen LogP contribution is 2.58. The summed E-state index contributed by atoms with van der Waals surface area (Å²) >= 11 is 0. The number of hydrogen-bond acceptors (Lipinski definition) is 10. The van der Waals surface area contributed by atoms with Crippen LogP contribution in [-0.4, -0.2) is 79.3 Å². The van der Waals surface area contributed by atoms with Crippen LogP contribution in [0.1, 0.15) is 67.2 Å². The van der Waals surface area contributed by atoms with Crippen molar-refractivity contribution in [3.8, 4) is 11.6 Å². The summed E-state index contributed by atoms with van der Waals surface area (Å²) in [5.41, 5.74) is -5.55. The quantitative estimate of drug-likeness (QED) is 0.338. The largest absolute Gasteiger partial charge is 0.497 e. The van der Waals surface area contributed by atoms with Crippen molar-refractivity contribution in [1.82, 2.24) is 14.6 Å². The van der Waals surface area contributed by atoms with Crippen molar-refractivity contribution in [2.75, 3.05) is 13.7 Å². The monoisotopic (exact) mass is 687 g/mol. The number of nitrogens with one attached hydrogen (secondary N) is 1. The van der Waals surface area contributed by atoms with E-state index in [0.717, 1.165) is 5.39 Å². The molecule has 12 nitrogen and oxygen atoms in total. The number of hydrogen-bond donors (Lipinski definition) is 1. The van der Waals surface area contributed by atoms with Crippen LogP contribution < -0.4 is 14.2 Å². The van der Waals surface area contributed by atoms with Gasteiger partial charge < -0.3 is 14.2 Å². The van der Waals surface area contributed by atoms with Gasteiger partial charge in [0.1, 0.15) is 17.5 Å². The summed E-state index contributed by atoms with van der Waals surface area (Å²) in [7, 11) is -3.67. The number of aromatic nitrogens is 1. The molecule has 1 saturated heterocycles. The molecule has 47 heavy (non-hydrogen) atoms. The molecule has 1 aromatic heterocycles. The van der Waals surface area contributed by atoms with E-state index in [9.17, 15) is 36.0 Å². The third-order valence-corrected chi connectivity index (χ3v) is 9.43. The van der Waals surface area contributed by atoms with Crippen molar-refractivity contribution in [2.24, 2.45) is 11.3 Å². The molecule has 1 saturated carbocycles. The first-order valence-corrected chi connectivity index (χ1v) is 16.5. The molecule has 2 fully saturated rings. The zero-order valence-corrected chi connectivity index (χ0v) is 28.1. The Labute approximate surface area is 271 Å². The number of carbonyl (C=O) groups excluding carboxylic acids is 3. The topological polar surface area (TPSA) is 150 Å². The summed E-state index contributed by atoms with van der Waals surface area (Å²) in [6, 6.07) is 5.98. The van der Waals surface area contributed by atoms with Crippen molar-refractivity contribution in [3.63, 3.8) is 0 Å². The van der Waals surface area contributed by atoms with Crippen LogP contribution in [0, 0.1) is 11.3 Å². The Balaban J connectivity index is 1.56. The minimum atomic E-state index is -5.21. The highest BCUT2D eigenvalue weighted by atomic mass is 32.2. The maximum Gasteiger partial charge on any atom is 0.418 e. The van der Waals surface area contributed by atoms with Crippen LogP contribution in [-0.2, 0) is 28.8 Å². The fraction of sp³-hybridized carbons (Fsp3) is 0.613. The number of fused-ring (bicyclic) bond motifs is 1. The molecule has 4 rings (SSSR count). The fourth-order valence-electron chi connectivity index (χ4n) is 5.69. The van der Waals surface area contributed by atoms with Crippen LogP contribution in [0.4, 0.5) is 18.0 Å². The van der Waals surface area contributed by atoms with E-state index in [1.54, 1.807) is 70.0 Å². The summed E-state index contributed by atoms with van der Waals surface area (Å²) in [5, 5.41) is 1.46. The average molecular weight is 688 g/mol. The lowest BCUT2D eigenvalue weighted by Gasteiger charge is -2.29. The number of nitrogens with zero attached hydrogens (tertiary/aromatic N) is 2. The number of methoxy groups -OCH3 is 1. The number of alkyl halides is 3. The number of halogens is 3. The zero-order valence-electron chi connectivity index (χ0n) is 27.3. The van der Waals surface area contributed by atoms with Crippen molar-refractivity contribution < 1.29 is 54.4 Å². The Kier molecular flexibility index (Phi) is 9.81. The van der Waals surface area contributed by atoms with Gasteiger partial charge in [0.25, 0.3) is 0 Å². The van der Waals surface area contributed by atoms with Gasteiger partial charge in [0.05, 0.1) is 25.1 Å². The molecular weight excluding hydrogens is 647 g/mol. The zero-order chi connectivity index (χ0) is 35.2.